The van der Waals surface area contributed by atoms with Crippen molar-refractivity contribution in [2.45, 2.75) is 6.54 Å². The lowest BCUT2D eigenvalue weighted by Crippen LogP contribution is -2.17. The van der Waals surface area contributed by atoms with Crippen molar-refractivity contribution in [3.63, 3.8) is 0 Å². The van der Waals surface area contributed by atoms with Crippen molar-refractivity contribution in [3.8, 4) is 0 Å². The van der Waals surface area contributed by atoms with Crippen LogP contribution in [-0.2, 0) is 11.3 Å². The fraction of sp³-hybridized carbons (Fsp3) is 0.0526. The molecule has 2 amide bonds. The van der Waals surface area contributed by atoms with E-state index in [4.69, 9.17) is 0 Å². The molecule has 0 bridgehead atoms. The minimum absolute atomic E-state index is 0.246. The largest absolute Gasteiger partial charge is 0.343 e. The number of aromatic nitrogens is 1. The number of nitrogens with zero attached hydrogens (tertiary/aromatic N) is 1. The van der Waals surface area contributed by atoms with Gasteiger partial charge < -0.3 is 4.57 Å². The predicted molar refractivity (Wildman–Crippen MR) is 96.5 cm³/mol. The lowest BCUT2D eigenvalue weighted by atomic mass is 10.1. The van der Waals surface area contributed by atoms with Crippen LogP contribution in [0.1, 0.15) is 11.1 Å². The number of carbonyl (C=O) groups excluding carboxylic acids is 2. The van der Waals surface area contributed by atoms with Crippen molar-refractivity contribution in [3.05, 3.63) is 76.6 Å². The number of halogens is 1. The number of thioether (sulfide) groups is 1. The highest BCUT2D eigenvalue weighted by Crippen LogP contribution is 2.27. The van der Waals surface area contributed by atoms with E-state index in [0.29, 0.717) is 11.4 Å². The molecule has 0 unspecified atom stereocenters. The Morgan fingerprint density at radius 1 is 1.12 bits per heavy atom. The Hall–Kier alpha value is -2.86. The SMILES string of the molecule is O=C1NC(=O)/C(=C/c2ccc3c(ccn3Cc3cccc(F)c3)c2)S1. The van der Waals surface area contributed by atoms with Gasteiger partial charge in [0.05, 0.1) is 4.91 Å². The van der Waals surface area contributed by atoms with Gasteiger partial charge in [-0.05, 0) is 59.3 Å². The third-order valence-corrected chi connectivity index (χ3v) is 4.79. The summed E-state index contributed by atoms with van der Waals surface area (Å²) >= 11 is 0.903. The van der Waals surface area contributed by atoms with Crippen LogP contribution in [0, 0.1) is 5.82 Å². The molecule has 2 aromatic carbocycles. The molecule has 6 heteroatoms. The zero-order valence-corrected chi connectivity index (χ0v) is 13.8. The molecule has 0 saturated carbocycles. The van der Waals surface area contributed by atoms with Gasteiger partial charge in [0.25, 0.3) is 11.1 Å². The molecular weight excluding hydrogens is 339 g/mol. The fourth-order valence-corrected chi connectivity index (χ4v) is 3.53. The highest BCUT2D eigenvalue weighted by molar-refractivity contribution is 8.18. The molecule has 0 radical (unpaired) electrons. The second-order valence-electron chi connectivity index (χ2n) is 5.74. The Labute approximate surface area is 147 Å². The van der Waals surface area contributed by atoms with Crippen LogP contribution in [0.2, 0.25) is 0 Å². The summed E-state index contributed by atoms with van der Waals surface area (Å²) in [6.07, 6.45) is 3.65. The average molecular weight is 352 g/mol. The number of carbonyl (C=O) groups is 2. The van der Waals surface area contributed by atoms with Crippen LogP contribution < -0.4 is 5.32 Å². The fourth-order valence-electron chi connectivity index (χ4n) is 2.85. The standard InChI is InChI=1S/C19H13FN2O2S/c20-15-3-1-2-13(9-15)11-22-7-6-14-8-12(4-5-16(14)22)10-17-18(23)21-19(24)25-17/h1-10H,11H2,(H,21,23,24)/b17-10-. The van der Waals surface area contributed by atoms with Gasteiger partial charge in [0, 0.05) is 23.6 Å². The summed E-state index contributed by atoms with van der Waals surface area (Å²) in [4.78, 5) is 23.3. The molecule has 124 valence electrons. The molecule has 1 aromatic heterocycles. The maximum absolute atomic E-state index is 13.3. The summed E-state index contributed by atoms with van der Waals surface area (Å²) in [7, 11) is 0. The summed E-state index contributed by atoms with van der Waals surface area (Å²) in [6.45, 7) is 0.578. The third-order valence-electron chi connectivity index (χ3n) is 3.98. The zero-order chi connectivity index (χ0) is 17.4. The van der Waals surface area contributed by atoms with E-state index in [1.54, 1.807) is 12.1 Å². The monoisotopic (exact) mass is 352 g/mol. The van der Waals surface area contributed by atoms with Crippen LogP contribution >= 0.6 is 11.8 Å². The molecule has 3 aromatic rings. The quantitative estimate of drug-likeness (QED) is 0.721. The van der Waals surface area contributed by atoms with E-state index < -0.39 is 0 Å². The number of amides is 2. The van der Waals surface area contributed by atoms with E-state index in [2.05, 4.69) is 5.32 Å². The van der Waals surface area contributed by atoms with Gasteiger partial charge in [-0.2, -0.15) is 0 Å². The van der Waals surface area contributed by atoms with Crippen molar-refractivity contribution in [1.29, 1.82) is 0 Å². The summed E-state index contributed by atoms with van der Waals surface area (Å²) in [6, 6.07) is 14.3. The minimum Gasteiger partial charge on any atom is -0.343 e. The van der Waals surface area contributed by atoms with E-state index >= 15 is 0 Å². The maximum atomic E-state index is 13.3. The molecule has 25 heavy (non-hydrogen) atoms. The van der Waals surface area contributed by atoms with E-state index in [1.807, 2.05) is 41.1 Å². The Balaban J connectivity index is 1.64. The maximum Gasteiger partial charge on any atom is 0.290 e. The second-order valence-corrected chi connectivity index (χ2v) is 6.76. The highest BCUT2D eigenvalue weighted by Gasteiger charge is 2.24. The Morgan fingerprint density at radius 2 is 2.00 bits per heavy atom. The molecule has 0 spiro atoms. The summed E-state index contributed by atoms with van der Waals surface area (Å²) in [5, 5.41) is 2.91. The van der Waals surface area contributed by atoms with Crippen molar-refractivity contribution in [2.24, 2.45) is 0 Å². The number of fused-ring (bicyclic) bond motifs is 1. The topological polar surface area (TPSA) is 51.1 Å². The van der Waals surface area contributed by atoms with Gasteiger partial charge in [0.2, 0.25) is 0 Å². The third kappa shape index (κ3) is 3.21. The summed E-state index contributed by atoms with van der Waals surface area (Å²) in [5.41, 5.74) is 2.76. The highest BCUT2D eigenvalue weighted by atomic mass is 32.2. The van der Waals surface area contributed by atoms with Gasteiger partial charge in [0.1, 0.15) is 5.82 Å². The van der Waals surface area contributed by atoms with E-state index in [0.717, 1.165) is 33.8 Å². The number of rotatable bonds is 3. The van der Waals surface area contributed by atoms with Gasteiger partial charge in [-0.15, -0.1) is 0 Å². The molecule has 4 rings (SSSR count). The van der Waals surface area contributed by atoms with Gasteiger partial charge >= 0.3 is 0 Å². The number of benzene rings is 2. The van der Waals surface area contributed by atoms with Gasteiger partial charge in [-0.3, -0.25) is 14.9 Å². The first-order valence-corrected chi connectivity index (χ1v) is 8.48. The Morgan fingerprint density at radius 3 is 2.76 bits per heavy atom. The van der Waals surface area contributed by atoms with Crippen molar-refractivity contribution >= 4 is 39.9 Å². The summed E-state index contributed by atoms with van der Waals surface area (Å²) < 4.78 is 15.4. The van der Waals surface area contributed by atoms with Gasteiger partial charge in [-0.25, -0.2) is 4.39 Å². The van der Waals surface area contributed by atoms with Crippen molar-refractivity contribution < 1.29 is 14.0 Å². The van der Waals surface area contributed by atoms with Crippen LogP contribution in [0.15, 0.2) is 59.6 Å². The summed E-state index contributed by atoms with van der Waals surface area (Å²) in [5.74, 6) is -0.608. The van der Waals surface area contributed by atoms with Crippen LogP contribution in [0.3, 0.4) is 0 Å². The lowest BCUT2D eigenvalue weighted by Gasteiger charge is -2.06. The molecule has 1 fully saturated rings. The van der Waals surface area contributed by atoms with E-state index in [1.165, 1.54) is 12.1 Å². The lowest BCUT2D eigenvalue weighted by molar-refractivity contribution is -0.115. The molecule has 1 saturated heterocycles. The molecule has 1 N–H and O–H groups in total. The minimum atomic E-state index is -0.362. The Kier molecular flexibility index (Phi) is 3.89. The predicted octanol–water partition coefficient (Wildman–Crippen LogP) is 4.15. The first-order chi connectivity index (χ1) is 12.1. The first kappa shape index (κ1) is 15.7. The zero-order valence-electron chi connectivity index (χ0n) is 13.0. The smallest absolute Gasteiger partial charge is 0.290 e. The molecule has 2 heterocycles. The molecule has 0 aliphatic carbocycles. The molecule has 1 aliphatic heterocycles. The second kappa shape index (κ2) is 6.22. The van der Waals surface area contributed by atoms with Crippen LogP contribution in [0.4, 0.5) is 9.18 Å². The van der Waals surface area contributed by atoms with Crippen LogP contribution in [0.25, 0.3) is 17.0 Å². The van der Waals surface area contributed by atoms with Gasteiger partial charge in [-0.1, -0.05) is 18.2 Å². The molecular formula is C19H13FN2O2S. The Bertz CT molecular complexity index is 1040. The molecule has 0 atom stereocenters. The first-order valence-electron chi connectivity index (χ1n) is 7.67. The van der Waals surface area contributed by atoms with E-state index in [-0.39, 0.29) is 17.0 Å². The number of hydrogen-bond acceptors (Lipinski definition) is 3. The number of nitrogens with one attached hydrogen (secondary N) is 1. The average Bonchev–Trinajstić information content (AvgIpc) is 3.10. The van der Waals surface area contributed by atoms with Crippen LogP contribution in [0.5, 0.6) is 0 Å². The number of hydrogen-bond donors (Lipinski definition) is 1. The van der Waals surface area contributed by atoms with E-state index in [9.17, 15) is 14.0 Å². The van der Waals surface area contributed by atoms with Crippen LogP contribution in [-0.4, -0.2) is 15.7 Å². The van der Waals surface area contributed by atoms with Crippen molar-refractivity contribution in [2.75, 3.05) is 0 Å². The normalized spacial score (nSPS) is 16.0. The van der Waals surface area contributed by atoms with Crippen molar-refractivity contribution in [1.82, 2.24) is 9.88 Å². The molecule has 1 aliphatic rings. The van der Waals surface area contributed by atoms with Gasteiger partial charge in [0.15, 0.2) is 0 Å². The molecule has 4 nitrogen and oxygen atoms in total. The number of imide groups is 1.